The number of methoxy groups -OCH3 is 1. The summed E-state index contributed by atoms with van der Waals surface area (Å²) in [7, 11) is 1.56. The fraction of sp³-hybridized carbons (Fsp3) is 0.150. The molecular formula is C20H16N4O3. The van der Waals surface area contributed by atoms with Gasteiger partial charge in [-0.3, -0.25) is 14.7 Å². The van der Waals surface area contributed by atoms with Gasteiger partial charge in [-0.15, -0.1) is 0 Å². The molecule has 0 spiro atoms. The number of ether oxygens (including phenoxy) is 1. The van der Waals surface area contributed by atoms with Crippen molar-refractivity contribution in [1.29, 1.82) is 5.26 Å². The van der Waals surface area contributed by atoms with E-state index in [0.717, 1.165) is 0 Å². The standard InChI is InChI=1S/C20H16N4O3/c1-27-14-9-7-12(8-10-14)16-15(11-21)19(25)22-18-17(16)20(26)24(23-18)13-5-3-2-4-6-13/h2-10,15-16,23H,1H3,(H,22,25)/t15-,16+/m0/s1. The maximum absolute atomic E-state index is 13.1. The molecule has 134 valence electrons. The fourth-order valence-electron chi connectivity index (χ4n) is 3.42. The van der Waals surface area contributed by atoms with Gasteiger partial charge in [0.15, 0.2) is 0 Å². The van der Waals surface area contributed by atoms with Crippen LogP contribution in [0.4, 0.5) is 5.82 Å². The first-order valence-corrected chi connectivity index (χ1v) is 8.39. The molecule has 0 fully saturated rings. The van der Waals surface area contributed by atoms with E-state index in [9.17, 15) is 14.9 Å². The van der Waals surface area contributed by atoms with Gasteiger partial charge in [0.2, 0.25) is 5.91 Å². The van der Waals surface area contributed by atoms with Crippen molar-refractivity contribution in [1.82, 2.24) is 9.78 Å². The van der Waals surface area contributed by atoms with Gasteiger partial charge in [-0.05, 0) is 29.8 Å². The van der Waals surface area contributed by atoms with Gasteiger partial charge in [-0.1, -0.05) is 30.3 Å². The van der Waals surface area contributed by atoms with E-state index in [4.69, 9.17) is 4.74 Å². The average Bonchev–Trinajstić information content (AvgIpc) is 3.03. The molecular weight excluding hydrogens is 344 g/mol. The van der Waals surface area contributed by atoms with Gasteiger partial charge in [0.05, 0.1) is 24.4 Å². The number of aromatic amines is 1. The summed E-state index contributed by atoms with van der Waals surface area (Å²) >= 11 is 0. The average molecular weight is 360 g/mol. The molecule has 3 aromatic rings. The van der Waals surface area contributed by atoms with Gasteiger partial charge in [0, 0.05) is 5.92 Å². The molecule has 7 nitrogen and oxygen atoms in total. The van der Waals surface area contributed by atoms with Crippen LogP contribution in [0, 0.1) is 17.2 Å². The smallest absolute Gasteiger partial charge is 0.277 e. The second-order valence-corrected chi connectivity index (χ2v) is 6.22. The monoisotopic (exact) mass is 360 g/mol. The van der Waals surface area contributed by atoms with Crippen LogP contribution < -0.4 is 15.6 Å². The summed E-state index contributed by atoms with van der Waals surface area (Å²) in [6.45, 7) is 0. The van der Waals surface area contributed by atoms with E-state index in [2.05, 4.69) is 10.4 Å². The zero-order valence-corrected chi connectivity index (χ0v) is 14.5. The third kappa shape index (κ3) is 2.68. The summed E-state index contributed by atoms with van der Waals surface area (Å²) in [5.41, 5.74) is 1.43. The summed E-state index contributed by atoms with van der Waals surface area (Å²) in [5.74, 6) is -1.13. The van der Waals surface area contributed by atoms with Crippen molar-refractivity contribution >= 4 is 11.7 Å². The maximum atomic E-state index is 13.1. The van der Waals surface area contributed by atoms with Gasteiger partial charge in [-0.25, -0.2) is 4.68 Å². The molecule has 1 aliphatic heterocycles. The van der Waals surface area contributed by atoms with Gasteiger partial charge >= 0.3 is 0 Å². The number of anilines is 1. The normalized spacial score (nSPS) is 18.3. The third-order valence-corrected chi connectivity index (χ3v) is 4.73. The molecule has 0 unspecified atom stereocenters. The molecule has 27 heavy (non-hydrogen) atoms. The van der Waals surface area contributed by atoms with Crippen LogP contribution in [-0.4, -0.2) is 22.8 Å². The first-order chi connectivity index (χ1) is 13.1. The van der Waals surface area contributed by atoms with Crippen molar-refractivity contribution in [2.24, 2.45) is 5.92 Å². The molecule has 1 amide bonds. The Bertz CT molecular complexity index is 1090. The number of rotatable bonds is 3. The number of hydrogen-bond acceptors (Lipinski definition) is 4. The lowest BCUT2D eigenvalue weighted by Crippen LogP contribution is -2.35. The van der Waals surface area contributed by atoms with Crippen LogP contribution in [-0.2, 0) is 4.79 Å². The molecule has 2 atom stereocenters. The van der Waals surface area contributed by atoms with Gasteiger partial charge < -0.3 is 10.1 Å². The minimum atomic E-state index is -1.00. The summed E-state index contributed by atoms with van der Waals surface area (Å²) in [5, 5.41) is 15.2. The molecule has 7 heteroatoms. The molecule has 0 radical (unpaired) electrons. The second-order valence-electron chi connectivity index (χ2n) is 6.22. The Balaban J connectivity index is 1.91. The second kappa shape index (κ2) is 6.50. The number of H-pyrrole nitrogens is 1. The van der Waals surface area contributed by atoms with Gasteiger partial charge in [0.25, 0.3) is 5.56 Å². The number of carbonyl (C=O) groups excluding carboxylic acids is 1. The molecule has 0 bridgehead atoms. The number of aromatic nitrogens is 2. The van der Waals surface area contributed by atoms with Crippen molar-refractivity contribution in [2.45, 2.75) is 5.92 Å². The highest BCUT2D eigenvalue weighted by Crippen LogP contribution is 2.38. The van der Waals surface area contributed by atoms with Gasteiger partial charge in [0.1, 0.15) is 17.5 Å². The number of amides is 1. The summed E-state index contributed by atoms with van der Waals surface area (Å²) in [6.07, 6.45) is 0. The zero-order valence-electron chi connectivity index (χ0n) is 14.5. The molecule has 0 aliphatic carbocycles. The van der Waals surface area contributed by atoms with Crippen molar-refractivity contribution in [3.05, 3.63) is 76.1 Å². The highest BCUT2D eigenvalue weighted by molar-refractivity contribution is 5.97. The molecule has 2 aromatic carbocycles. The minimum Gasteiger partial charge on any atom is -0.497 e. The summed E-state index contributed by atoms with van der Waals surface area (Å²) in [4.78, 5) is 25.6. The van der Waals surface area contributed by atoms with E-state index < -0.39 is 17.7 Å². The Kier molecular flexibility index (Phi) is 4.01. The number of nitrogens with zero attached hydrogens (tertiary/aromatic N) is 2. The Labute approximate surface area is 154 Å². The Morgan fingerprint density at radius 1 is 1.07 bits per heavy atom. The Morgan fingerprint density at radius 3 is 2.41 bits per heavy atom. The Morgan fingerprint density at radius 2 is 1.78 bits per heavy atom. The first kappa shape index (κ1) is 16.7. The number of carbonyl (C=O) groups is 1. The van der Waals surface area contributed by atoms with Crippen LogP contribution in [0.25, 0.3) is 5.69 Å². The highest BCUT2D eigenvalue weighted by atomic mass is 16.5. The topological polar surface area (TPSA) is 99.9 Å². The number of nitriles is 1. The lowest BCUT2D eigenvalue weighted by Gasteiger charge is -2.26. The molecule has 4 rings (SSSR count). The molecule has 0 saturated carbocycles. The van der Waals surface area contributed by atoms with Crippen molar-refractivity contribution in [3.63, 3.8) is 0 Å². The van der Waals surface area contributed by atoms with Crippen LogP contribution >= 0.6 is 0 Å². The van der Waals surface area contributed by atoms with Crippen LogP contribution in [0.15, 0.2) is 59.4 Å². The molecule has 1 aromatic heterocycles. The lowest BCUT2D eigenvalue weighted by atomic mass is 9.79. The van der Waals surface area contributed by atoms with Crippen molar-refractivity contribution < 1.29 is 9.53 Å². The molecule has 1 aliphatic rings. The predicted molar refractivity (Wildman–Crippen MR) is 99.0 cm³/mol. The van der Waals surface area contributed by atoms with E-state index in [1.54, 1.807) is 43.5 Å². The molecule has 2 heterocycles. The number of fused-ring (bicyclic) bond motifs is 1. The fourth-order valence-corrected chi connectivity index (χ4v) is 3.42. The van der Waals surface area contributed by atoms with E-state index in [0.29, 0.717) is 28.4 Å². The Hall–Kier alpha value is -3.79. The third-order valence-electron chi connectivity index (χ3n) is 4.73. The summed E-state index contributed by atoms with van der Waals surface area (Å²) < 4.78 is 6.55. The SMILES string of the molecule is COc1ccc([C@H]2c3c([nH]n(-c4ccccc4)c3=O)NC(=O)[C@H]2C#N)cc1. The number of nitrogens with one attached hydrogen (secondary N) is 2. The van der Waals surface area contributed by atoms with E-state index in [1.807, 2.05) is 24.3 Å². The zero-order chi connectivity index (χ0) is 19.0. The molecule has 0 saturated heterocycles. The quantitative estimate of drug-likeness (QED) is 0.749. The summed E-state index contributed by atoms with van der Waals surface area (Å²) in [6, 6.07) is 18.1. The van der Waals surface area contributed by atoms with Crippen molar-refractivity contribution in [2.75, 3.05) is 12.4 Å². The highest BCUT2D eigenvalue weighted by Gasteiger charge is 2.41. The maximum Gasteiger partial charge on any atom is 0.277 e. The minimum absolute atomic E-state index is 0.294. The van der Waals surface area contributed by atoms with Crippen LogP contribution in [0.1, 0.15) is 17.0 Å². The number of para-hydroxylation sites is 1. The number of hydrogen-bond donors (Lipinski definition) is 2. The van der Waals surface area contributed by atoms with Crippen molar-refractivity contribution in [3.8, 4) is 17.5 Å². The predicted octanol–water partition coefficient (Wildman–Crippen LogP) is 2.40. The van der Waals surface area contributed by atoms with E-state index in [1.165, 1.54) is 4.68 Å². The molecule has 2 N–H and O–H groups in total. The van der Waals surface area contributed by atoms with Crippen LogP contribution in [0.5, 0.6) is 5.75 Å². The first-order valence-electron chi connectivity index (χ1n) is 8.39. The van der Waals surface area contributed by atoms with Gasteiger partial charge in [-0.2, -0.15) is 5.26 Å². The van der Waals surface area contributed by atoms with Crippen LogP contribution in [0.2, 0.25) is 0 Å². The van der Waals surface area contributed by atoms with E-state index >= 15 is 0 Å². The number of benzene rings is 2. The van der Waals surface area contributed by atoms with Crippen LogP contribution in [0.3, 0.4) is 0 Å². The van der Waals surface area contributed by atoms with E-state index in [-0.39, 0.29) is 5.56 Å². The largest absolute Gasteiger partial charge is 0.497 e. The lowest BCUT2D eigenvalue weighted by molar-refractivity contribution is -0.119.